The van der Waals surface area contributed by atoms with Gasteiger partial charge in [-0.25, -0.2) is 4.98 Å². The van der Waals surface area contributed by atoms with E-state index in [0.717, 1.165) is 39.5 Å². The number of rotatable bonds is 10. The Morgan fingerprint density at radius 2 is 1.97 bits per heavy atom. The van der Waals surface area contributed by atoms with Gasteiger partial charge in [-0.15, -0.1) is 10.2 Å². The fourth-order valence-electron chi connectivity index (χ4n) is 5.22. The number of carbonyl (C=O) groups is 1. The third kappa shape index (κ3) is 6.21. The number of likely N-dealkylation sites (tertiary alicyclic amines) is 1. The Hall–Kier alpha value is -2.49. The van der Waals surface area contributed by atoms with Gasteiger partial charge in [0.15, 0.2) is 5.65 Å². The van der Waals surface area contributed by atoms with E-state index < -0.39 is 0 Å². The van der Waals surface area contributed by atoms with Crippen molar-refractivity contribution in [1.29, 1.82) is 0 Å². The largest absolute Gasteiger partial charge is 0.355 e. The van der Waals surface area contributed by atoms with Gasteiger partial charge >= 0.3 is 0 Å². The quantitative estimate of drug-likeness (QED) is 0.178. The number of carbonyl (C=O) groups excluding carboxylic acids is 1. The second-order valence-corrected chi connectivity index (χ2v) is 12.1. The molecule has 5 rings (SSSR count). The van der Waals surface area contributed by atoms with Crippen LogP contribution in [0.15, 0.2) is 58.2 Å². The molecule has 2 atom stereocenters. The van der Waals surface area contributed by atoms with Crippen molar-refractivity contribution in [2.75, 3.05) is 19.6 Å². The van der Waals surface area contributed by atoms with E-state index in [4.69, 9.17) is 4.98 Å². The Labute approximate surface area is 236 Å². The number of thioether (sulfide) groups is 1. The minimum Gasteiger partial charge on any atom is -0.355 e. The Morgan fingerprint density at radius 1 is 1.16 bits per heavy atom. The monoisotopic (exact) mass is 594 g/mol. The molecule has 9 heteroatoms. The number of fused-ring (bicyclic) bond motifs is 3. The molecule has 0 saturated carbocycles. The molecule has 1 saturated heterocycles. The maximum absolute atomic E-state index is 13.0. The van der Waals surface area contributed by atoms with Crippen LogP contribution in [0.2, 0.25) is 0 Å². The zero-order chi connectivity index (χ0) is 26.5. The van der Waals surface area contributed by atoms with Crippen molar-refractivity contribution in [3.63, 3.8) is 0 Å². The lowest BCUT2D eigenvalue weighted by Crippen LogP contribution is -2.40. The van der Waals surface area contributed by atoms with Gasteiger partial charge in [0.05, 0.1) is 10.8 Å². The van der Waals surface area contributed by atoms with Crippen molar-refractivity contribution in [2.45, 2.75) is 68.9 Å². The minimum atomic E-state index is -0.257. The molecule has 4 aromatic rings. The first-order valence-corrected chi connectivity index (χ1v) is 15.2. The highest BCUT2D eigenvalue weighted by atomic mass is 79.9. The van der Waals surface area contributed by atoms with E-state index in [9.17, 15) is 4.79 Å². The number of hydrogen-bond acceptors (Lipinski definition) is 6. The van der Waals surface area contributed by atoms with Gasteiger partial charge < -0.3 is 14.8 Å². The Balaban J connectivity index is 1.29. The SMILES string of the molecule is CCC(Sc1nnc2c3ccccc3n(Cc3ccc(Br)cc3)c2n1)C(=O)NCCCN1CCCCC1C. The Kier molecular flexibility index (Phi) is 8.97. The molecule has 0 bridgehead atoms. The van der Waals surface area contributed by atoms with Crippen LogP contribution in [0.5, 0.6) is 0 Å². The Morgan fingerprint density at radius 3 is 2.76 bits per heavy atom. The summed E-state index contributed by atoms with van der Waals surface area (Å²) in [5.74, 6) is 0.0447. The topological polar surface area (TPSA) is 75.9 Å². The number of nitrogens with zero attached hydrogens (tertiary/aromatic N) is 5. The predicted octanol–water partition coefficient (Wildman–Crippen LogP) is 6.04. The van der Waals surface area contributed by atoms with E-state index in [-0.39, 0.29) is 11.2 Å². The van der Waals surface area contributed by atoms with Gasteiger partial charge in [0, 0.05) is 35.5 Å². The average molecular weight is 596 g/mol. The smallest absolute Gasteiger partial charge is 0.233 e. The van der Waals surface area contributed by atoms with E-state index in [1.807, 2.05) is 19.1 Å². The molecule has 3 heterocycles. The highest BCUT2D eigenvalue weighted by molar-refractivity contribution is 9.10. The van der Waals surface area contributed by atoms with Crippen molar-refractivity contribution >= 4 is 55.7 Å². The van der Waals surface area contributed by atoms with Gasteiger partial charge in [-0.1, -0.05) is 71.4 Å². The average Bonchev–Trinajstić information content (AvgIpc) is 3.24. The van der Waals surface area contributed by atoms with Crippen molar-refractivity contribution in [3.8, 4) is 0 Å². The van der Waals surface area contributed by atoms with Gasteiger partial charge in [-0.3, -0.25) is 4.79 Å². The van der Waals surface area contributed by atoms with Crippen molar-refractivity contribution in [1.82, 2.24) is 30.0 Å². The van der Waals surface area contributed by atoms with Gasteiger partial charge in [0.25, 0.3) is 0 Å². The van der Waals surface area contributed by atoms with Crippen LogP contribution < -0.4 is 5.32 Å². The highest BCUT2D eigenvalue weighted by Gasteiger charge is 2.22. The summed E-state index contributed by atoms with van der Waals surface area (Å²) in [5.41, 5.74) is 3.82. The summed E-state index contributed by atoms with van der Waals surface area (Å²) >= 11 is 4.92. The molecular formula is C29H35BrN6OS. The van der Waals surface area contributed by atoms with E-state index in [0.29, 0.717) is 30.7 Å². The number of benzene rings is 2. The second-order valence-electron chi connectivity index (χ2n) is 10.0. The van der Waals surface area contributed by atoms with E-state index in [2.05, 4.69) is 84.2 Å². The molecule has 1 fully saturated rings. The lowest BCUT2D eigenvalue weighted by Gasteiger charge is -2.33. The van der Waals surface area contributed by atoms with E-state index in [1.165, 1.54) is 43.1 Å². The molecule has 7 nitrogen and oxygen atoms in total. The molecule has 1 amide bonds. The predicted molar refractivity (Wildman–Crippen MR) is 159 cm³/mol. The van der Waals surface area contributed by atoms with Crippen LogP contribution in [-0.4, -0.2) is 61.5 Å². The number of amides is 1. The molecule has 0 spiro atoms. The molecule has 2 aromatic heterocycles. The number of halogens is 1. The van der Waals surface area contributed by atoms with Crippen LogP contribution in [0.4, 0.5) is 0 Å². The third-order valence-electron chi connectivity index (χ3n) is 7.38. The van der Waals surface area contributed by atoms with Crippen molar-refractivity contribution < 1.29 is 4.79 Å². The summed E-state index contributed by atoms with van der Waals surface area (Å²) < 4.78 is 3.24. The van der Waals surface area contributed by atoms with Gasteiger partial charge in [0.2, 0.25) is 11.1 Å². The number of aromatic nitrogens is 4. The Bertz CT molecular complexity index is 1390. The van der Waals surface area contributed by atoms with Crippen LogP contribution >= 0.6 is 27.7 Å². The summed E-state index contributed by atoms with van der Waals surface area (Å²) in [4.78, 5) is 20.5. The summed E-state index contributed by atoms with van der Waals surface area (Å²) in [7, 11) is 0. The van der Waals surface area contributed by atoms with Gasteiger partial charge in [-0.2, -0.15) is 0 Å². The van der Waals surface area contributed by atoms with Gasteiger partial charge in [-0.05, 0) is 62.9 Å². The number of nitrogens with one attached hydrogen (secondary N) is 1. The first-order valence-electron chi connectivity index (χ1n) is 13.6. The molecule has 2 aromatic carbocycles. The summed E-state index contributed by atoms with van der Waals surface area (Å²) in [6.45, 7) is 7.92. The number of para-hydroxylation sites is 1. The van der Waals surface area contributed by atoms with Crippen LogP contribution in [0.3, 0.4) is 0 Å². The standard InChI is InChI=1S/C29H35BrN6OS/c1-3-25(28(37)31-16-8-18-35-17-7-6-9-20(35)2)38-29-32-27-26(33-34-29)23-10-4-5-11-24(23)36(27)19-21-12-14-22(30)15-13-21/h4-5,10-15,20,25H,3,6-9,16-19H2,1-2H3,(H,31,37). The molecule has 2 unspecified atom stereocenters. The fourth-order valence-corrected chi connectivity index (χ4v) is 6.32. The molecule has 0 aliphatic carbocycles. The maximum Gasteiger partial charge on any atom is 0.233 e. The first kappa shape index (κ1) is 27.1. The third-order valence-corrected chi connectivity index (χ3v) is 9.13. The molecule has 1 aliphatic rings. The summed E-state index contributed by atoms with van der Waals surface area (Å²) in [6, 6.07) is 17.2. The zero-order valence-corrected chi connectivity index (χ0v) is 24.5. The fraction of sp³-hybridized carbons (Fsp3) is 0.448. The first-order chi connectivity index (χ1) is 18.5. The van der Waals surface area contributed by atoms with Crippen molar-refractivity contribution in [2.24, 2.45) is 0 Å². The molecule has 1 aliphatic heterocycles. The minimum absolute atomic E-state index is 0.0447. The number of piperidine rings is 1. The lowest BCUT2D eigenvalue weighted by atomic mass is 10.0. The summed E-state index contributed by atoms with van der Waals surface area (Å²) in [5, 5.41) is 13.4. The van der Waals surface area contributed by atoms with Crippen molar-refractivity contribution in [3.05, 3.63) is 58.6 Å². The molecule has 38 heavy (non-hydrogen) atoms. The van der Waals surface area contributed by atoms with Crippen LogP contribution in [0, 0.1) is 0 Å². The van der Waals surface area contributed by atoms with Crippen LogP contribution in [0.25, 0.3) is 22.1 Å². The zero-order valence-electron chi connectivity index (χ0n) is 22.1. The second kappa shape index (κ2) is 12.6. The molecular weight excluding hydrogens is 560 g/mol. The molecule has 200 valence electrons. The van der Waals surface area contributed by atoms with Crippen LogP contribution in [-0.2, 0) is 11.3 Å². The van der Waals surface area contributed by atoms with Crippen LogP contribution in [0.1, 0.15) is 51.5 Å². The normalized spacial score (nSPS) is 17.2. The van der Waals surface area contributed by atoms with E-state index >= 15 is 0 Å². The number of hydrogen-bond donors (Lipinski definition) is 1. The maximum atomic E-state index is 13.0. The van der Waals surface area contributed by atoms with E-state index in [1.54, 1.807) is 0 Å². The molecule has 1 N–H and O–H groups in total. The summed E-state index contributed by atoms with van der Waals surface area (Å²) in [6.07, 6.45) is 5.56. The lowest BCUT2D eigenvalue weighted by molar-refractivity contribution is -0.120. The molecule has 0 radical (unpaired) electrons. The van der Waals surface area contributed by atoms with Gasteiger partial charge in [0.1, 0.15) is 5.52 Å². The highest BCUT2D eigenvalue weighted by Crippen LogP contribution is 2.30.